The van der Waals surface area contributed by atoms with Gasteiger partial charge >= 0.3 is 0 Å². The first-order chi connectivity index (χ1) is 7.15. The van der Waals surface area contributed by atoms with Crippen LogP contribution < -0.4 is 0 Å². The zero-order valence-corrected chi connectivity index (χ0v) is 10.8. The van der Waals surface area contributed by atoms with Crippen molar-refractivity contribution in [2.24, 2.45) is 0 Å². The number of benzene rings is 1. The summed E-state index contributed by atoms with van der Waals surface area (Å²) in [7, 11) is 0. The van der Waals surface area contributed by atoms with Crippen molar-refractivity contribution in [2.45, 2.75) is 25.2 Å². The molecule has 1 atom stereocenters. The van der Waals surface area contributed by atoms with Gasteiger partial charge in [0.2, 0.25) is 0 Å². The molecule has 0 aliphatic heterocycles. The minimum atomic E-state index is 0.135. The molecule has 15 heavy (non-hydrogen) atoms. The highest BCUT2D eigenvalue weighted by Crippen LogP contribution is 2.36. The van der Waals surface area contributed by atoms with Crippen LogP contribution in [-0.2, 0) is 5.41 Å². The summed E-state index contributed by atoms with van der Waals surface area (Å²) >= 11 is 2.20. The van der Waals surface area contributed by atoms with Gasteiger partial charge in [0.1, 0.15) is 6.07 Å². The fourth-order valence-corrected chi connectivity index (χ4v) is 2.47. The lowest BCUT2D eigenvalue weighted by atomic mass is 9.82. The molecule has 1 aliphatic carbocycles. The fourth-order valence-electron chi connectivity index (χ4n) is 2.02. The Hall–Kier alpha value is -0.820. The van der Waals surface area contributed by atoms with Crippen LogP contribution in [-0.4, -0.2) is 0 Å². The fraction of sp³-hybridized carbons (Fsp3) is 0.308. The molecule has 0 N–H and O–H groups in total. The zero-order valence-electron chi connectivity index (χ0n) is 8.63. The second-order valence-electron chi connectivity index (χ2n) is 4.16. The summed E-state index contributed by atoms with van der Waals surface area (Å²) in [4.78, 5) is 0. The average molecular weight is 309 g/mol. The SMILES string of the molecule is C[C@]1(c2ccc(I)c(C#N)c2)C=CCC1. The van der Waals surface area contributed by atoms with E-state index in [1.54, 1.807) is 0 Å². The highest BCUT2D eigenvalue weighted by molar-refractivity contribution is 14.1. The van der Waals surface area contributed by atoms with Gasteiger partial charge in [-0.2, -0.15) is 5.26 Å². The minimum Gasteiger partial charge on any atom is -0.192 e. The third-order valence-electron chi connectivity index (χ3n) is 3.06. The molecule has 0 radical (unpaired) electrons. The van der Waals surface area contributed by atoms with E-state index in [1.807, 2.05) is 12.1 Å². The number of hydrogen-bond donors (Lipinski definition) is 0. The molecular weight excluding hydrogens is 297 g/mol. The predicted octanol–water partition coefficient (Wildman–Crippen LogP) is 3.77. The van der Waals surface area contributed by atoms with Crippen LogP contribution in [0.3, 0.4) is 0 Å². The summed E-state index contributed by atoms with van der Waals surface area (Å²) in [6.07, 6.45) is 6.78. The zero-order chi connectivity index (χ0) is 10.9. The van der Waals surface area contributed by atoms with Crippen molar-refractivity contribution in [3.8, 4) is 6.07 Å². The average Bonchev–Trinajstić information content (AvgIpc) is 2.67. The second-order valence-corrected chi connectivity index (χ2v) is 5.33. The third kappa shape index (κ3) is 1.93. The molecule has 76 valence electrons. The van der Waals surface area contributed by atoms with Crippen LogP contribution in [0.4, 0.5) is 0 Å². The standard InChI is InChI=1S/C13H12IN/c1-13(6-2-3-7-13)11-4-5-12(14)10(8-11)9-15/h2,4-6,8H,3,7H2,1H3/t13-/m0/s1. The van der Waals surface area contributed by atoms with Gasteiger partial charge in [-0.15, -0.1) is 0 Å². The molecule has 0 aromatic heterocycles. The molecule has 0 spiro atoms. The molecule has 1 aromatic carbocycles. The van der Waals surface area contributed by atoms with Gasteiger partial charge in [-0.05, 0) is 53.1 Å². The van der Waals surface area contributed by atoms with Crippen LogP contribution >= 0.6 is 22.6 Å². The summed E-state index contributed by atoms with van der Waals surface area (Å²) in [5.41, 5.74) is 2.18. The minimum absolute atomic E-state index is 0.135. The number of nitriles is 1. The molecule has 2 heteroatoms. The van der Waals surface area contributed by atoms with Crippen molar-refractivity contribution in [3.63, 3.8) is 0 Å². The summed E-state index contributed by atoms with van der Waals surface area (Å²) in [5.74, 6) is 0. The maximum Gasteiger partial charge on any atom is 0.100 e. The first-order valence-electron chi connectivity index (χ1n) is 5.03. The lowest BCUT2D eigenvalue weighted by Gasteiger charge is -2.22. The highest BCUT2D eigenvalue weighted by Gasteiger charge is 2.26. The van der Waals surface area contributed by atoms with Crippen LogP contribution in [0.5, 0.6) is 0 Å². The van der Waals surface area contributed by atoms with E-state index < -0.39 is 0 Å². The summed E-state index contributed by atoms with van der Waals surface area (Å²) in [6, 6.07) is 8.44. The van der Waals surface area contributed by atoms with Crippen molar-refractivity contribution in [2.75, 3.05) is 0 Å². The van der Waals surface area contributed by atoms with Gasteiger partial charge < -0.3 is 0 Å². The lowest BCUT2D eigenvalue weighted by Crippen LogP contribution is -2.15. The lowest BCUT2D eigenvalue weighted by molar-refractivity contribution is 0.579. The number of rotatable bonds is 1. The van der Waals surface area contributed by atoms with E-state index in [4.69, 9.17) is 5.26 Å². The molecule has 0 bridgehead atoms. The normalized spacial score (nSPS) is 24.1. The molecular formula is C13H12IN. The van der Waals surface area contributed by atoms with Gasteiger partial charge in [0.15, 0.2) is 0 Å². The summed E-state index contributed by atoms with van der Waals surface area (Å²) < 4.78 is 1.03. The van der Waals surface area contributed by atoms with Crippen LogP contribution in [0.2, 0.25) is 0 Å². The molecule has 1 nitrogen and oxygen atoms in total. The van der Waals surface area contributed by atoms with Gasteiger partial charge in [0.25, 0.3) is 0 Å². The topological polar surface area (TPSA) is 23.8 Å². The highest BCUT2D eigenvalue weighted by atomic mass is 127. The number of halogens is 1. The third-order valence-corrected chi connectivity index (χ3v) is 4.00. The summed E-state index contributed by atoms with van der Waals surface area (Å²) in [6.45, 7) is 2.24. The maximum atomic E-state index is 9.00. The Labute approximate surface area is 104 Å². The van der Waals surface area contributed by atoms with Crippen molar-refractivity contribution < 1.29 is 0 Å². The monoisotopic (exact) mass is 309 g/mol. The summed E-state index contributed by atoms with van der Waals surface area (Å²) in [5, 5.41) is 9.00. The Morgan fingerprint density at radius 2 is 2.27 bits per heavy atom. The van der Waals surface area contributed by atoms with Gasteiger partial charge in [-0.3, -0.25) is 0 Å². The van der Waals surface area contributed by atoms with E-state index in [1.165, 1.54) is 5.56 Å². The number of nitrogens with zero attached hydrogens (tertiary/aromatic N) is 1. The molecule has 2 rings (SSSR count). The Morgan fingerprint density at radius 1 is 1.47 bits per heavy atom. The van der Waals surface area contributed by atoms with Gasteiger partial charge in [-0.1, -0.05) is 25.1 Å². The van der Waals surface area contributed by atoms with E-state index in [9.17, 15) is 0 Å². The van der Waals surface area contributed by atoms with Gasteiger partial charge in [0, 0.05) is 8.99 Å². The van der Waals surface area contributed by atoms with Gasteiger partial charge in [-0.25, -0.2) is 0 Å². The van der Waals surface area contributed by atoms with E-state index in [0.29, 0.717) is 0 Å². The quantitative estimate of drug-likeness (QED) is 0.572. The van der Waals surface area contributed by atoms with E-state index in [-0.39, 0.29) is 5.41 Å². The van der Waals surface area contributed by atoms with E-state index >= 15 is 0 Å². The van der Waals surface area contributed by atoms with E-state index in [0.717, 1.165) is 22.0 Å². The van der Waals surface area contributed by atoms with E-state index in [2.05, 4.69) is 53.8 Å². The molecule has 0 saturated heterocycles. The predicted molar refractivity (Wildman–Crippen MR) is 69.6 cm³/mol. The molecule has 0 fully saturated rings. The van der Waals surface area contributed by atoms with Crippen LogP contribution in [0, 0.1) is 14.9 Å². The van der Waals surface area contributed by atoms with Crippen molar-refractivity contribution in [1.82, 2.24) is 0 Å². The first-order valence-corrected chi connectivity index (χ1v) is 6.11. The Morgan fingerprint density at radius 3 is 2.87 bits per heavy atom. The van der Waals surface area contributed by atoms with Crippen molar-refractivity contribution in [1.29, 1.82) is 5.26 Å². The number of allylic oxidation sites excluding steroid dienone is 2. The first kappa shape index (κ1) is 10.7. The molecule has 1 aromatic rings. The Kier molecular flexibility index (Phi) is 2.83. The molecule has 1 aliphatic rings. The molecule has 0 saturated carbocycles. The van der Waals surface area contributed by atoms with Crippen LogP contribution in [0.25, 0.3) is 0 Å². The Bertz CT molecular complexity index is 456. The molecule has 0 unspecified atom stereocenters. The van der Waals surface area contributed by atoms with Crippen molar-refractivity contribution in [3.05, 3.63) is 45.0 Å². The van der Waals surface area contributed by atoms with Crippen LogP contribution in [0.15, 0.2) is 30.4 Å². The van der Waals surface area contributed by atoms with Gasteiger partial charge in [0.05, 0.1) is 5.56 Å². The largest absolute Gasteiger partial charge is 0.192 e. The van der Waals surface area contributed by atoms with Crippen LogP contribution in [0.1, 0.15) is 30.9 Å². The maximum absolute atomic E-state index is 9.00. The Balaban J connectivity index is 2.46. The second kappa shape index (κ2) is 3.97. The smallest absolute Gasteiger partial charge is 0.100 e. The molecule has 0 amide bonds. The van der Waals surface area contributed by atoms with Crippen molar-refractivity contribution >= 4 is 22.6 Å². The molecule has 0 heterocycles. The number of hydrogen-bond acceptors (Lipinski definition) is 1.